The highest BCUT2D eigenvalue weighted by atomic mass is 16.4. The van der Waals surface area contributed by atoms with Crippen LogP contribution in [0.15, 0.2) is 23.9 Å². The molecule has 0 aromatic carbocycles. The molecule has 1 aliphatic rings. The lowest BCUT2D eigenvalue weighted by Crippen LogP contribution is -2.53. The molecular formula is C11H15NO3. The summed E-state index contributed by atoms with van der Waals surface area (Å²) >= 11 is 0. The molecule has 0 aromatic rings. The minimum atomic E-state index is -1.04. The zero-order valence-corrected chi connectivity index (χ0v) is 8.99. The number of likely N-dealkylation sites (tertiary alicyclic amines) is 1. The first-order valence-electron chi connectivity index (χ1n) is 4.82. The van der Waals surface area contributed by atoms with Crippen LogP contribution >= 0.6 is 0 Å². The van der Waals surface area contributed by atoms with E-state index in [1.807, 2.05) is 0 Å². The quantitative estimate of drug-likeness (QED) is 0.434. The van der Waals surface area contributed by atoms with Crippen LogP contribution in [0.25, 0.3) is 0 Å². The summed E-state index contributed by atoms with van der Waals surface area (Å²) in [6.07, 6.45) is 2.75. The Morgan fingerprint density at radius 3 is 2.60 bits per heavy atom. The molecule has 1 atom stereocenters. The number of allylic oxidation sites excluding steroid dienone is 1. The fourth-order valence-electron chi connectivity index (χ4n) is 1.73. The Balaban J connectivity index is 2.93. The number of hydrogen-bond donors (Lipinski definition) is 1. The van der Waals surface area contributed by atoms with Gasteiger partial charge in [0.1, 0.15) is 5.70 Å². The molecule has 1 amide bonds. The number of β-lactam (4-membered cyclic amide) rings is 1. The van der Waals surface area contributed by atoms with Crippen LogP contribution in [0.2, 0.25) is 0 Å². The summed E-state index contributed by atoms with van der Waals surface area (Å²) in [7, 11) is 0. The highest BCUT2D eigenvalue weighted by Crippen LogP contribution is 2.28. The van der Waals surface area contributed by atoms with E-state index in [0.717, 1.165) is 0 Å². The first-order chi connectivity index (χ1) is 6.99. The summed E-state index contributed by atoms with van der Waals surface area (Å²) < 4.78 is 0. The third-order valence-corrected chi connectivity index (χ3v) is 2.40. The van der Waals surface area contributed by atoms with Gasteiger partial charge in [0.25, 0.3) is 0 Å². The van der Waals surface area contributed by atoms with E-state index in [4.69, 9.17) is 5.11 Å². The van der Waals surface area contributed by atoms with Gasteiger partial charge in [-0.25, -0.2) is 4.79 Å². The second kappa shape index (κ2) is 4.29. The SMILES string of the molecule is C=CC[C@H]1CC(=O)N1C(C(=O)O)=C(C)C. The lowest BCUT2D eigenvalue weighted by molar-refractivity contribution is -0.149. The third kappa shape index (κ3) is 2.09. The van der Waals surface area contributed by atoms with Crippen LogP contribution in [0, 0.1) is 0 Å². The van der Waals surface area contributed by atoms with Gasteiger partial charge in [0, 0.05) is 12.5 Å². The maximum Gasteiger partial charge on any atom is 0.352 e. The smallest absolute Gasteiger partial charge is 0.352 e. The number of amides is 1. The lowest BCUT2D eigenvalue weighted by Gasteiger charge is -2.40. The molecule has 0 aromatic heterocycles. The summed E-state index contributed by atoms with van der Waals surface area (Å²) in [5, 5.41) is 9.01. The van der Waals surface area contributed by atoms with E-state index in [-0.39, 0.29) is 17.6 Å². The zero-order chi connectivity index (χ0) is 11.6. The fraction of sp³-hybridized carbons (Fsp3) is 0.455. The molecule has 82 valence electrons. The van der Waals surface area contributed by atoms with E-state index < -0.39 is 5.97 Å². The van der Waals surface area contributed by atoms with Gasteiger partial charge < -0.3 is 10.0 Å². The van der Waals surface area contributed by atoms with Gasteiger partial charge in [-0.2, -0.15) is 0 Å². The van der Waals surface area contributed by atoms with Crippen molar-refractivity contribution < 1.29 is 14.7 Å². The van der Waals surface area contributed by atoms with Crippen molar-refractivity contribution in [1.29, 1.82) is 0 Å². The first kappa shape index (κ1) is 11.5. The molecule has 0 unspecified atom stereocenters. The maximum atomic E-state index is 11.4. The average Bonchev–Trinajstić information content (AvgIpc) is 2.12. The molecule has 4 heteroatoms. The van der Waals surface area contributed by atoms with Crippen molar-refractivity contribution in [3.05, 3.63) is 23.9 Å². The molecule has 1 fully saturated rings. The summed E-state index contributed by atoms with van der Waals surface area (Å²) in [5.74, 6) is -1.17. The van der Waals surface area contributed by atoms with E-state index in [2.05, 4.69) is 6.58 Å². The summed E-state index contributed by atoms with van der Waals surface area (Å²) in [6, 6.07) is -0.0315. The topological polar surface area (TPSA) is 57.6 Å². The van der Waals surface area contributed by atoms with Gasteiger partial charge in [-0.05, 0) is 25.8 Å². The molecule has 0 bridgehead atoms. The Kier molecular flexibility index (Phi) is 3.29. The highest BCUT2D eigenvalue weighted by Gasteiger charge is 2.40. The first-order valence-corrected chi connectivity index (χ1v) is 4.82. The number of aliphatic carboxylic acids is 1. The predicted molar refractivity (Wildman–Crippen MR) is 56.1 cm³/mol. The lowest BCUT2D eigenvalue weighted by atomic mass is 9.96. The number of nitrogens with zero attached hydrogens (tertiary/aromatic N) is 1. The third-order valence-electron chi connectivity index (χ3n) is 2.40. The van der Waals surface area contributed by atoms with E-state index in [0.29, 0.717) is 18.4 Å². The second-order valence-corrected chi connectivity index (χ2v) is 3.80. The molecule has 15 heavy (non-hydrogen) atoms. The molecule has 0 radical (unpaired) electrons. The summed E-state index contributed by atoms with van der Waals surface area (Å²) in [5.41, 5.74) is 0.753. The molecule has 1 aliphatic heterocycles. The van der Waals surface area contributed by atoms with E-state index in [1.165, 1.54) is 4.90 Å². The number of carbonyl (C=O) groups excluding carboxylic acids is 1. The largest absolute Gasteiger partial charge is 0.477 e. The van der Waals surface area contributed by atoms with Gasteiger partial charge in [-0.15, -0.1) is 6.58 Å². The molecule has 0 aliphatic carbocycles. The van der Waals surface area contributed by atoms with Gasteiger partial charge in [-0.1, -0.05) is 6.08 Å². The molecule has 1 saturated heterocycles. The molecule has 1 heterocycles. The number of carboxylic acids is 1. The van der Waals surface area contributed by atoms with Crippen LogP contribution in [-0.2, 0) is 9.59 Å². The molecule has 0 saturated carbocycles. The van der Waals surface area contributed by atoms with Gasteiger partial charge in [-0.3, -0.25) is 4.79 Å². The molecule has 1 N–H and O–H groups in total. The molecule has 4 nitrogen and oxygen atoms in total. The Labute approximate surface area is 88.9 Å². The van der Waals surface area contributed by atoms with Crippen molar-refractivity contribution in [2.24, 2.45) is 0 Å². The normalized spacial score (nSPS) is 19.5. The minimum Gasteiger partial charge on any atom is -0.477 e. The Morgan fingerprint density at radius 1 is 1.67 bits per heavy atom. The van der Waals surface area contributed by atoms with Gasteiger partial charge in [0.05, 0.1) is 0 Å². The predicted octanol–water partition coefficient (Wildman–Crippen LogP) is 1.54. The fourth-order valence-corrected chi connectivity index (χ4v) is 1.73. The minimum absolute atomic E-state index is 0.0315. The van der Waals surface area contributed by atoms with Crippen LogP contribution in [-0.4, -0.2) is 27.9 Å². The Hall–Kier alpha value is -1.58. The zero-order valence-electron chi connectivity index (χ0n) is 8.99. The van der Waals surface area contributed by atoms with Crippen molar-refractivity contribution in [3.8, 4) is 0 Å². The van der Waals surface area contributed by atoms with Crippen LogP contribution in [0.3, 0.4) is 0 Å². The number of carbonyl (C=O) groups is 2. The van der Waals surface area contributed by atoms with E-state index in [1.54, 1.807) is 19.9 Å². The van der Waals surface area contributed by atoms with Crippen molar-refractivity contribution in [2.75, 3.05) is 0 Å². The molecular weight excluding hydrogens is 194 g/mol. The Morgan fingerprint density at radius 2 is 2.27 bits per heavy atom. The second-order valence-electron chi connectivity index (χ2n) is 3.80. The van der Waals surface area contributed by atoms with E-state index >= 15 is 0 Å². The number of hydrogen-bond acceptors (Lipinski definition) is 2. The Bertz CT molecular complexity index is 338. The summed E-state index contributed by atoms with van der Waals surface area (Å²) in [4.78, 5) is 23.7. The van der Waals surface area contributed by atoms with Gasteiger partial charge in [0.2, 0.25) is 5.91 Å². The van der Waals surface area contributed by atoms with E-state index in [9.17, 15) is 9.59 Å². The summed E-state index contributed by atoms with van der Waals surface area (Å²) in [6.45, 7) is 6.98. The van der Waals surface area contributed by atoms with Crippen molar-refractivity contribution in [1.82, 2.24) is 4.90 Å². The van der Waals surface area contributed by atoms with Crippen molar-refractivity contribution in [3.63, 3.8) is 0 Å². The van der Waals surface area contributed by atoms with Crippen LogP contribution in [0.5, 0.6) is 0 Å². The number of carboxylic acid groups (broad SMARTS) is 1. The number of rotatable bonds is 4. The monoisotopic (exact) mass is 209 g/mol. The van der Waals surface area contributed by atoms with Crippen molar-refractivity contribution >= 4 is 11.9 Å². The molecule has 1 rings (SSSR count). The van der Waals surface area contributed by atoms with Gasteiger partial charge in [0.15, 0.2) is 0 Å². The molecule has 0 spiro atoms. The maximum absolute atomic E-state index is 11.4. The van der Waals surface area contributed by atoms with Crippen molar-refractivity contribution in [2.45, 2.75) is 32.7 Å². The van der Waals surface area contributed by atoms with Crippen LogP contribution < -0.4 is 0 Å². The highest BCUT2D eigenvalue weighted by molar-refractivity contribution is 5.96. The van der Waals surface area contributed by atoms with Gasteiger partial charge >= 0.3 is 5.97 Å². The van der Waals surface area contributed by atoms with Crippen LogP contribution in [0.1, 0.15) is 26.7 Å². The van der Waals surface area contributed by atoms with Crippen LogP contribution in [0.4, 0.5) is 0 Å². The standard InChI is InChI=1S/C11H15NO3/c1-4-5-8-6-9(13)12(8)10(7(2)3)11(14)15/h4,8H,1,5-6H2,2-3H3,(H,14,15)/t8-/m0/s1. The average molecular weight is 209 g/mol.